The van der Waals surface area contributed by atoms with Crippen molar-refractivity contribution >= 4 is 11.7 Å². The van der Waals surface area contributed by atoms with Crippen LogP contribution in [0, 0.1) is 0 Å². The number of hydrogen-bond acceptors (Lipinski definition) is 6. The van der Waals surface area contributed by atoms with Crippen LogP contribution >= 0.6 is 0 Å². The number of rotatable bonds is 4. The monoisotopic (exact) mass is 473 g/mol. The number of benzene rings is 2. The standard InChI is InChI=1S/C24H23F2NO5.C2H6/c1-27-19-12-8-3-2-4-9-13-21(17-10-6-5-7-11-17)29-24(28)23-18(14-19)15-20(30-25)16-22(23)31-32-26;1-2/h4-12,15-16,21H,2-3,13-14H2,1H3;1-2H3/b9-4+,12-8+,27-19?;/t21-;/m1./s1. The van der Waals surface area contributed by atoms with Crippen LogP contribution in [0.15, 0.2) is 71.8 Å². The van der Waals surface area contributed by atoms with Crippen molar-refractivity contribution in [3.63, 3.8) is 0 Å². The number of halogens is 2. The molecule has 0 aromatic heterocycles. The molecule has 0 amide bonds. The maximum atomic E-state index is 13.3. The third-order valence-electron chi connectivity index (χ3n) is 4.98. The topological polar surface area (TPSA) is 66.4 Å². The summed E-state index contributed by atoms with van der Waals surface area (Å²) in [6, 6.07) is 11.6. The van der Waals surface area contributed by atoms with Gasteiger partial charge in [0.1, 0.15) is 11.7 Å². The Morgan fingerprint density at radius 3 is 2.44 bits per heavy atom. The Balaban J connectivity index is 0.00000199. The predicted molar refractivity (Wildman–Crippen MR) is 126 cm³/mol. The molecule has 1 heterocycles. The molecule has 0 aliphatic carbocycles. The molecule has 2 aromatic rings. The number of ether oxygens (including phenoxy) is 1. The van der Waals surface area contributed by atoms with E-state index < -0.39 is 12.1 Å². The lowest BCUT2D eigenvalue weighted by atomic mass is 9.99. The van der Waals surface area contributed by atoms with Crippen molar-refractivity contribution in [2.45, 2.75) is 45.6 Å². The summed E-state index contributed by atoms with van der Waals surface area (Å²) < 4.78 is 31.3. The summed E-state index contributed by atoms with van der Waals surface area (Å²) in [7, 11) is 1.60. The minimum Gasteiger partial charge on any atom is -0.453 e. The van der Waals surface area contributed by atoms with Gasteiger partial charge in [-0.1, -0.05) is 62.4 Å². The first kappa shape index (κ1) is 26.7. The molecule has 8 heteroatoms. The largest absolute Gasteiger partial charge is 0.453 e. The molecule has 1 aliphatic heterocycles. The molecule has 0 unspecified atom stereocenters. The average molecular weight is 474 g/mol. The quantitative estimate of drug-likeness (QED) is 0.207. The number of carbonyl (C=O) groups is 1. The Bertz CT molecular complexity index is 1010. The molecule has 0 fully saturated rings. The Morgan fingerprint density at radius 1 is 1.03 bits per heavy atom. The van der Waals surface area contributed by atoms with Gasteiger partial charge in [0.15, 0.2) is 11.5 Å². The van der Waals surface area contributed by atoms with Crippen LogP contribution < -0.4 is 9.83 Å². The van der Waals surface area contributed by atoms with Crippen LogP contribution in [0.1, 0.15) is 60.7 Å². The van der Waals surface area contributed by atoms with E-state index in [0.29, 0.717) is 12.1 Å². The van der Waals surface area contributed by atoms with E-state index in [1.807, 2.05) is 68.5 Å². The molecule has 34 heavy (non-hydrogen) atoms. The molecule has 0 spiro atoms. The van der Waals surface area contributed by atoms with Crippen LogP contribution in [0.3, 0.4) is 0 Å². The van der Waals surface area contributed by atoms with Crippen LogP contribution in [0.5, 0.6) is 11.5 Å². The third kappa shape index (κ3) is 7.52. The van der Waals surface area contributed by atoms with Gasteiger partial charge in [-0.05, 0) is 40.6 Å². The second kappa shape index (κ2) is 14.6. The summed E-state index contributed by atoms with van der Waals surface area (Å²) in [6.07, 6.45) is 9.32. The molecule has 0 bridgehead atoms. The summed E-state index contributed by atoms with van der Waals surface area (Å²) in [6.45, 7) is 4.00. The Labute approximate surface area is 198 Å². The molecule has 2 aromatic carbocycles. The molecule has 1 aliphatic rings. The van der Waals surface area contributed by atoms with Crippen molar-refractivity contribution in [1.29, 1.82) is 0 Å². The van der Waals surface area contributed by atoms with Crippen molar-refractivity contribution in [3.05, 3.63) is 83.5 Å². The van der Waals surface area contributed by atoms with Gasteiger partial charge in [0.2, 0.25) is 0 Å². The normalized spacial score (nSPS) is 19.5. The lowest BCUT2D eigenvalue weighted by Gasteiger charge is -2.19. The molecular formula is C26H29F2NO5. The van der Waals surface area contributed by atoms with Crippen molar-refractivity contribution in [3.8, 4) is 11.5 Å². The smallest absolute Gasteiger partial charge is 0.343 e. The highest BCUT2D eigenvalue weighted by atomic mass is 19.3. The van der Waals surface area contributed by atoms with Crippen molar-refractivity contribution in [2.24, 2.45) is 4.99 Å². The zero-order valence-corrected chi connectivity index (χ0v) is 19.5. The lowest BCUT2D eigenvalue weighted by molar-refractivity contribution is -0.368. The molecule has 0 saturated carbocycles. The van der Waals surface area contributed by atoms with Gasteiger partial charge < -0.3 is 9.62 Å². The van der Waals surface area contributed by atoms with Gasteiger partial charge >= 0.3 is 5.97 Å². The van der Waals surface area contributed by atoms with Gasteiger partial charge in [-0.25, -0.2) is 4.79 Å². The highest BCUT2D eigenvalue weighted by molar-refractivity contribution is 6.00. The van der Waals surface area contributed by atoms with E-state index in [-0.39, 0.29) is 29.0 Å². The molecular weight excluding hydrogens is 444 g/mol. The number of aliphatic imine (C=N–C) groups is 1. The summed E-state index contributed by atoms with van der Waals surface area (Å²) in [5.74, 6) is -1.44. The van der Waals surface area contributed by atoms with E-state index >= 15 is 0 Å². The zero-order valence-electron chi connectivity index (χ0n) is 19.5. The van der Waals surface area contributed by atoms with Gasteiger partial charge in [0.25, 0.3) is 0 Å². The van der Waals surface area contributed by atoms with E-state index in [1.165, 1.54) is 6.07 Å². The molecule has 6 nitrogen and oxygen atoms in total. The zero-order chi connectivity index (χ0) is 24.8. The Morgan fingerprint density at radius 2 is 1.76 bits per heavy atom. The minimum absolute atomic E-state index is 0.111. The first-order chi connectivity index (χ1) is 16.7. The maximum absolute atomic E-state index is 13.3. The second-order valence-electron chi connectivity index (χ2n) is 7.06. The lowest BCUT2D eigenvalue weighted by Crippen LogP contribution is -2.16. The number of nitrogens with zero attached hydrogens (tertiary/aromatic N) is 1. The molecule has 0 N–H and O–H groups in total. The fraction of sp³-hybridized carbons (Fsp3) is 0.308. The third-order valence-corrected chi connectivity index (χ3v) is 4.98. The van der Waals surface area contributed by atoms with Crippen LogP contribution in [0.2, 0.25) is 0 Å². The van der Waals surface area contributed by atoms with Gasteiger partial charge in [-0.3, -0.25) is 9.93 Å². The first-order valence-electron chi connectivity index (χ1n) is 11.1. The highest BCUT2D eigenvalue weighted by Crippen LogP contribution is 2.33. The van der Waals surface area contributed by atoms with E-state index in [1.54, 1.807) is 7.05 Å². The number of hydrogen-bond donors (Lipinski definition) is 0. The molecule has 0 saturated heterocycles. The number of cyclic esters (lactones) is 1. The molecule has 3 rings (SSSR count). The second-order valence-corrected chi connectivity index (χ2v) is 7.06. The number of allylic oxidation sites excluding steroid dienone is 3. The highest BCUT2D eigenvalue weighted by Gasteiger charge is 2.26. The van der Waals surface area contributed by atoms with Gasteiger partial charge in [-0.15, -0.1) is 0 Å². The molecule has 1 atom stereocenters. The van der Waals surface area contributed by atoms with Crippen LogP contribution in [-0.4, -0.2) is 18.7 Å². The van der Waals surface area contributed by atoms with Crippen LogP contribution in [-0.2, 0) is 16.2 Å². The van der Waals surface area contributed by atoms with E-state index in [2.05, 4.69) is 19.9 Å². The van der Waals surface area contributed by atoms with Gasteiger partial charge in [0, 0.05) is 41.3 Å². The van der Waals surface area contributed by atoms with Crippen molar-refractivity contribution < 1.29 is 33.5 Å². The van der Waals surface area contributed by atoms with Crippen LogP contribution in [0.25, 0.3) is 0 Å². The number of esters is 1. The SMILES string of the molecule is CC.CN=C1/C=C/CC/C=C/C[C@H](c2ccccc2)OC(=O)c2c(cc(OF)cc2OOF)C1. The number of fused-ring (bicyclic) bond motifs is 1. The first-order valence-corrected chi connectivity index (χ1v) is 11.1. The summed E-state index contributed by atoms with van der Waals surface area (Å²) in [4.78, 5) is 25.8. The van der Waals surface area contributed by atoms with Crippen LogP contribution in [0.4, 0.5) is 9.05 Å². The van der Waals surface area contributed by atoms with E-state index in [0.717, 1.165) is 24.5 Å². The Kier molecular flexibility index (Phi) is 11.5. The summed E-state index contributed by atoms with van der Waals surface area (Å²) in [5, 5.41) is 3.27. The minimum atomic E-state index is -0.781. The van der Waals surface area contributed by atoms with E-state index in [4.69, 9.17) is 4.74 Å². The number of carbonyl (C=O) groups excluding carboxylic acids is 1. The van der Waals surface area contributed by atoms with Crippen molar-refractivity contribution in [1.82, 2.24) is 0 Å². The molecule has 182 valence electrons. The van der Waals surface area contributed by atoms with Gasteiger partial charge in [0.05, 0.1) is 0 Å². The summed E-state index contributed by atoms with van der Waals surface area (Å²) >= 11 is 0. The fourth-order valence-corrected chi connectivity index (χ4v) is 3.43. The predicted octanol–water partition coefficient (Wildman–Crippen LogP) is 6.98. The maximum Gasteiger partial charge on any atom is 0.343 e. The Hall–Kier alpha value is -3.52. The molecule has 0 radical (unpaired) electrons. The van der Waals surface area contributed by atoms with Gasteiger partial charge in [-0.2, -0.15) is 0 Å². The summed E-state index contributed by atoms with van der Waals surface area (Å²) in [5.41, 5.74) is 1.58. The fourth-order valence-electron chi connectivity index (χ4n) is 3.43. The van der Waals surface area contributed by atoms with E-state index in [9.17, 15) is 13.8 Å². The van der Waals surface area contributed by atoms with Crippen molar-refractivity contribution in [2.75, 3.05) is 7.05 Å². The average Bonchev–Trinajstić information content (AvgIpc) is 2.87.